The second-order valence-electron chi connectivity index (χ2n) is 5.60. The van der Waals surface area contributed by atoms with Crippen molar-refractivity contribution in [2.24, 2.45) is 0 Å². The van der Waals surface area contributed by atoms with Crippen molar-refractivity contribution in [3.05, 3.63) is 23.9 Å². The monoisotopic (exact) mass is 277 g/mol. The molecule has 3 rings (SSSR count). The second kappa shape index (κ2) is 6.08. The van der Waals surface area contributed by atoms with Crippen molar-refractivity contribution in [1.82, 2.24) is 10.3 Å². The zero-order chi connectivity index (χ0) is 13.9. The van der Waals surface area contributed by atoms with E-state index in [2.05, 4.69) is 28.4 Å². The number of rotatable bonds is 6. The van der Waals surface area contributed by atoms with E-state index < -0.39 is 0 Å². The lowest BCUT2D eigenvalue weighted by Gasteiger charge is -2.17. The molecule has 2 unspecified atom stereocenters. The van der Waals surface area contributed by atoms with Crippen LogP contribution < -0.4 is 10.2 Å². The van der Waals surface area contributed by atoms with Gasteiger partial charge in [-0.25, -0.2) is 4.98 Å². The van der Waals surface area contributed by atoms with E-state index in [0.29, 0.717) is 6.04 Å². The summed E-state index contributed by atoms with van der Waals surface area (Å²) in [7, 11) is 3.48. The number of aromatic nitrogens is 1. The summed E-state index contributed by atoms with van der Waals surface area (Å²) in [6.07, 6.45) is 2.85. The van der Waals surface area contributed by atoms with Gasteiger partial charge in [0.05, 0.1) is 5.69 Å². The van der Waals surface area contributed by atoms with E-state index in [1.807, 2.05) is 0 Å². The molecule has 1 aliphatic heterocycles. The van der Waals surface area contributed by atoms with Crippen molar-refractivity contribution in [3.63, 3.8) is 0 Å². The molecule has 2 fully saturated rings. The van der Waals surface area contributed by atoms with Crippen molar-refractivity contribution >= 4 is 5.82 Å². The fraction of sp³-hybridized carbons (Fsp3) is 0.667. The van der Waals surface area contributed by atoms with Crippen LogP contribution in [0.25, 0.3) is 0 Å². The third kappa shape index (κ3) is 3.11. The molecule has 5 nitrogen and oxygen atoms in total. The summed E-state index contributed by atoms with van der Waals surface area (Å²) in [5.74, 6) is 1.02. The number of methoxy groups -OCH3 is 2. The lowest BCUT2D eigenvalue weighted by atomic mass is 10.3. The predicted octanol–water partition coefficient (Wildman–Crippen LogP) is 1.18. The van der Waals surface area contributed by atoms with Gasteiger partial charge in [-0.3, -0.25) is 0 Å². The Labute approximate surface area is 120 Å². The lowest BCUT2D eigenvalue weighted by molar-refractivity contribution is -0.00461. The maximum atomic E-state index is 5.48. The normalized spacial score (nSPS) is 26.2. The number of ether oxygens (including phenoxy) is 2. The molecule has 2 aliphatic rings. The molecule has 2 atom stereocenters. The molecule has 5 heteroatoms. The number of nitrogens with one attached hydrogen (secondary N) is 1. The number of hydrogen-bond donors (Lipinski definition) is 1. The fourth-order valence-corrected chi connectivity index (χ4v) is 2.66. The summed E-state index contributed by atoms with van der Waals surface area (Å²) in [6, 6.07) is 6.93. The standard InChI is InChI=1S/C15H23N3O2/c1-19-13-9-18(10-14(13)20-2)15-5-3-4-12(17-15)8-16-11-6-7-11/h3-5,11,13-14,16H,6-10H2,1-2H3. The van der Waals surface area contributed by atoms with Gasteiger partial charge in [0.25, 0.3) is 0 Å². The highest BCUT2D eigenvalue weighted by atomic mass is 16.5. The van der Waals surface area contributed by atoms with Gasteiger partial charge in [-0.1, -0.05) is 6.07 Å². The van der Waals surface area contributed by atoms with Crippen LogP contribution in [0.3, 0.4) is 0 Å². The summed E-state index contributed by atoms with van der Waals surface area (Å²) in [5, 5.41) is 3.50. The third-order valence-electron chi connectivity index (χ3n) is 4.09. The second-order valence-corrected chi connectivity index (χ2v) is 5.60. The van der Waals surface area contributed by atoms with Crippen LogP contribution in [0.4, 0.5) is 5.82 Å². The van der Waals surface area contributed by atoms with Crippen molar-refractivity contribution < 1.29 is 9.47 Å². The molecular weight excluding hydrogens is 254 g/mol. The number of hydrogen-bond acceptors (Lipinski definition) is 5. The highest BCUT2D eigenvalue weighted by Gasteiger charge is 2.33. The molecule has 0 aromatic carbocycles. The number of anilines is 1. The van der Waals surface area contributed by atoms with Crippen LogP contribution in [0.2, 0.25) is 0 Å². The average molecular weight is 277 g/mol. The first-order chi connectivity index (χ1) is 9.80. The van der Waals surface area contributed by atoms with Crippen LogP contribution >= 0.6 is 0 Å². The Bertz CT molecular complexity index is 438. The molecule has 1 aromatic rings. The molecule has 0 amide bonds. The van der Waals surface area contributed by atoms with E-state index in [0.717, 1.165) is 31.1 Å². The molecule has 0 bridgehead atoms. The van der Waals surface area contributed by atoms with E-state index in [9.17, 15) is 0 Å². The number of nitrogens with zero attached hydrogens (tertiary/aromatic N) is 2. The SMILES string of the molecule is COC1CN(c2cccc(CNC3CC3)n2)CC1OC. The molecule has 20 heavy (non-hydrogen) atoms. The maximum absolute atomic E-state index is 5.48. The maximum Gasteiger partial charge on any atom is 0.129 e. The predicted molar refractivity (Wildman–Crippen MR) is 77.9 cm³/mol. The molecule has 1 saturated carbocycles. The van der Waals surface area contributed by atoms with Gasteiger partial charge in [0.15, 0.2) is 0 Å². The Hall–Kier alpha value is -1.17. The first kappa shape index (κ1) is 13.8. The smallest absolute Gasteiger partial charge is 0.129 e. The highest BCUT2D eigenvalue weighted by Crippen LogP contribution is 2.23. The van der Waals surface area contributed by atoms with E-state index in [1.54, 1.807) is 14.2 Å². The van der Waals surface area contributed by atoms with Crippen LogP contribution in [-0.2, 0) is 16.0 Å². The van der Waals surface area contributed by atoms with Crippen molar-refractivity contribution in [3.8, 4) is 0 Å². The van der Waals surface area contributed by atoms with Crippen LogP contribution in [0.1, 0.15) is 18.5 Å². The quantitative estimate of drug-likeness (QED) is 0.846. The molecular formula is C15H23N3O2. The molecule has 1 N–H and O–H groups in total. The van der Waals surface area contributed by atoms with Crippen molar-refractivity contribution in [2.45, 2.75) is 37.6 Å². The summed E-state index contributed by atoms with van der Waals surface area (Å²) in [4.78, 5) is 6.98. The topological polar surface area (TPSA) is 46.6 Å². The van der Waals surface area contributed by atoms with Gasteiger partial charge >= 0.3 is 0 Å². The summed E-state index contributed by atoms with van der Waals surface area (Å²) >= 11 is 0. The van der Waals surface area contributed by atoms with E-state index in [4.69, 9.17) is 14.5 Å². The Balaban J connectivity index is 1.65. The molecule has 0 radical (unpaired) electrons. The Kier molecular flexibility index (Phi) is 4.19. The van der Waals surface area contributed by atoms with Crippen LogP contribution in [0, 0.1) is 0 Å². The highest BCUT2D eigenvalue weighted by molar-refractivity contribution is 5.41. The summed E-state index contributed by atoms with van der Waals surface area (Å²) in [5.41, 5.74) is 1.10. The van der Waals surface area contributed by atoms with Crippen LogP contribution in [0.15, 0.2) is 18.2 Å². The van der Waals surface area contributed by atoms with Gasteiger partial charge in [0.1, 0.15) is 18.0 Å². The first-order valence-corrected chi connectivity index (χ1v) is 7.30. The zero-order valence-corrected chi connectivity index (χ0v) is 12.2. The van der Waals surface area contributed by atoms with Gasteiger partial charge in [-0.05, 0) is 25.0 Å². The van der Waals surface area contributed by atoms with Gasteiger partial charge in [0, 0.05) is 39.9 Å². The van der Waals surface area contributed by atoms with Gasteiger partial charge < -0.3 is 19.7 Å². The minimum absolute atomic E-state index is 0.120. The minimum Gasteiger partial charge on any atom is -0.377 e. The van der Waals surface area contributed by atoms with Crippen molar-refractivity contribution in [1.29, 1.82) is 0 Å². The Morgan fingerprint density at radius 2 is 1.90 bits per heavy atom. The summed E-state index contributed by atoms with van der Waals surface area (Å²) in [6.45, 7) is 2.52. The molecule has 2 heterocycles. The average Bonchev–Trinajstić information content (AvgIpc) is 3.22. The van der Waals surface area contributed by atoms with Gasteiger partial charge in [-0.15, -0.1) is 0 Å². The molecule has 1 aromatic heterocycles. The largest absolute Gasteiger partial charge is 0.377 e. The van der Waals surface area contributed by atoms with Gasteiger partial charge in [-0.2, -0.15) is 0 Å². The third-order valence-corrected chi connectivity index (χ3v) is 4.09. The van der Waals surface area contributed by atoms with E-state index in [-0.39, 0.29) is 12.2 Å². The fourth-order valence-electron chi connectivity index (χ4n) is 2.66. The zero-order valence-electron chi connectivity index (χ0n) is 12.2. The Morgan fingerprint density at radius 1 is 1.20 bits per heavy atom. The first-order valence-electron chi connectivity index (χ1n) is 7.30. The molecule has 0 spiro atoms. The summed E-state index contributed by atoms with van der Waals surface area (Å²) < 4.78 is 11.0. The number of pyridine rings is 1. The Morgan fingerprint density at radius 3 is 2.50 bits per heavy atom. The molecule has 1 aliphatic carbocycles. The molecule has 1 saturated heterocycles. The van der Waals surface area contributed by atoms with Crippen LogP contribution in [-0.4, -0.2) is 50.5 Å². The molecule has 110 valence electrons. The lowest BCUT2D eigenvalue weighted by Crippen LogP contribution is -2.27. The van der Waals surface area contributed by atoms with Crippen LogP contribution in [0.5, 0.6) is 0 Å². The van der Waals surface area contributed by atoms with Crippen molar-refractivity contribution in [2.75, 3.05) is 32.2 Å². The van der Waals surface area contributed by atoms with Gasteiger partial charge in [0.2, 0.25) is 0 Å². The van der Waals surface area contributed by atoms with E-state index >= 15 is 0 Å². The van der Waals surface area contributed by atoms with E-state index in [1.165, 1.54) is 12.8 Å². The minimum atomic E-state index is 0.120.